The Balaban J connectivity index is 2.09. The third kappa shape index (κ3) is 3.73. The summed E-state index contributed by atoms with van der Waals surface area (Å²) in [5.41, 5.74) is 2.81. The number of carbonyl (C=O) groups is 1. The Kier molecular flexibility index (Phi) is 5.41. The SMILES string of the molecule is CCCC(=O)Nc1ccc2c(c1)ncn2CCCCCl. The van der Waals surface area contributed by atoms with Gasteiger partial charge in [-0.2, -0.15) is 0 Å². The van der Waals surface area contributed by atoms with E-state index in [1.165, 1.54) is 0 Å². The molecule has 0 aliphatic heterocycles. The van der Waals surface area contributed by atoms with Crippen LogP contribution in [0, 0.1) is 0 Å². The second-order valence-corrected chi connectivity index (χ2v) is 5.21. The molecule has 0 fully saturated rings. The number of aromatic nitrogens is 2. The average Bonchev–Trinajstić information content (AvgIpc) is 2.82. The Hall–Kier alpha value is -1.55. The Labute approximate surface area is 124 Å². The average molecular weight is 294 g/mol. The van der Waals surface area contributed by atoms with Gasteiger partial charge < -0.3 is 9.88 Å². The summed E-state index contributed by atoms with van der Waals surface area (Å²) in [6.07, 6.45) is 5.29. The molecule has 4 nitrogen and oxygen atoms in total. The molecule has 0 aliphatic carbocycles. The van der Waals surface area contributed by atoms with Crippen molar-refractivity contribution in [1.29, 1.82) is 0 Å². The molecule has 1 N–H and O–H groups in total. The van der Waals surface area contributed by atoms with Crippen molar-refractivity contribution in [2.24, 2.45) is 0 Å². The Morgan fingerprint density at radius 2 is 2.25 bits per heavy atom. The number of anilines is 1. The molecule has 0 atom stereocenters. The van der Waals surface area contributed by atoms with Crippen molar-refractivity contribution in [3.8, 4) is 0 Å². The van der Waals surface area contributed by atoms with Gasteiger partial charge in [-0.3, -0.25) is 4.79 Å². The highest BCUT2D eigenvalue weighted by Crippen LogP contribution is 2.19. The van der Waals surface area contributed by atoms with Crippen LogP contribution in [-0.4, -0.2) is 21.3 Å². The van der Waals surface area contributed by atoms with E-state index in [2.05, 4.69) is 14.9 Å². The summed E-state index contributed by atoms with van der Waals surface area (Å²) in [5.74, 6) is 0.744. The number of amides is 1. The molecule has 0 bridgehead atoms. The minimum atomic E-state index is 0.0494. The first kappa shape index (κ1) is 14.9. The number of alkyl halides is 1. The summed E-state index contributed by atoms with van der Waals surface area (Å²) in [5, 5.41) is 2.89. The van der Waals surface area contributed by atoms with Crippen LogP contribution in [-0.2, 0) is 11.3 Å². The molecule has 0 saturated carbocycles. The lowest BCUT2D eigenvalue weighted by molar-refractivity contribution is -0.116. The van der Waals surface area contributed by atoms with Crippen LogP contribution in [0.15, 0.2) is 24.5 Å². The molecule has 0 unspecified atom stereocenters. The van der Waals surface area contributed by atoms with E-state index < -0.39 is 0 Å². The molecule has 20 heavy (non-hydrogen) atoms. The lowest BCUT2D eigenvalue weighted by Gasteiger charge is -2.06. The number of nitrogens with zero attached hydrogens (tertiary/aromatic N) is 2. The van der Waals surface area contributed by atoms with Gasteiger partial charge in [0.15, 0.2) is 0 Å². The maximum Gasteiger partial charge on any atom is 0.224 e. The van der Waals surface area contributed by atoms with Crippen molar-refractivity contribution in [2.75, 3.05) is 11.2 Å². The largest absolute Gasteiger partial charge is 0.331 e. The molecule has 1 amide bonds. The first-order chi connectivity index (χ1) is 9.74. The molecule has 0 radical (unpaired) electrons. The van der Waals surface area contributed by atoms with E-state index >= 15 is 0 Å². The second-order valence-electron chi connectivity index (χ2n) is 4.84. The van der Waals surface area contributed by atoms with Gasteiger partial charge in [-0.15, -0.1) is 11.6 Å². The molecule has 0 saturated heterocycles. The van der Waals surface area contributed by atoms with Crippen molar-refractivity contribution < 1.29 is 4.79 Å². The van der Waals surface area contributed by atoms with Crippen LogP contribution in [0.2, 0.25) is 0 Å². The first-order valence-corrected chi connectivity index (χ1v) is 7.58. The number of aryl methyl sites for hydroxylation is 1. The Morgan fingerprint density at radius 3 is 3.00 bits per heavy atom. The van der Waals surface area contributed by atoms with Crippen LogP contribution in [0.4, 0.5) is 5.69 Å². The second kappa shape index (κ2) is 7.29. The van der Waals surface area contributed by atoms with E-state index in [4.69, 9.17) is 11.6 Å². The lowest BCUT2D eigenvalue weighted by Crippen LogP contribution is -2.10. The molecule has 0 aliphatic rings. The topological polar surface area (TPSA) is 46.9 Å². The maximum absolute atomic E-state index is 11.6. The van der Waals surface area contributed by atoms with Gasteiger partial charge in [0.25, 0.3) is 0 Å². The van der Waals surface area contributed by atoms with Crippen LogP contribution >= 0.6 is 11.6 Å². The van der Waals surface area contributed by atoms with E-state index in [9.17, 15) is 4.79 Å². The van der Waals surface area contributed by atoms with E-state index in [1.807, 2.05) is 31.5 Å². The van der Waals surface area contributed by atoms with Crippen LogP contribution < -0.4 is 5.32 Å². The molecule has 2 rings (SSSR count). The zero-order valence-corrected chi connectivity index (χ0v) is 12.5. The summed E-state index contributed by atoms with van der Waals surface area (Å²) in [6, 6.07) is 5.85. The zero-order chi connectivity index (χ0) is 14.4. The summed E-state index contributed by atoms with van der Waals surface area (Å²) in [6.45, 7) is 2.91. The van der Waals surface area contributed by atoms with Gasteiger partial charge in [-0.1, -0.05) is 6.92 Å². The van der Waals surface area contributed by atoms with Crippen molar-refractivity contribution in [3.63, 3.8) is 0 Å². The van der Waals surface area contributed by atoms with Crippen LogP contribution in [0.1, 0.15) is 32.6 Å². The highest BCUT2D eigenvalue weighted by Gasteiger charge is 2.05. The van der Waals surface area contributed by atoms with Gasteiger partial charge in [-0.25, -0.2) is 4.98 Å². The highest BCUT2D eigenvalue weighted by atomic mass is 35.5. The molecule has 2 aromatic rings. The van der Waals surface area contributed by atoms with Crippen molar-refractivity contribution in [1.82, 2.24) is 9.55 Å². The van der Waals surface area contributed by atoms with Crippen molar-refractivity contribution >= 4 is 34.2 Å². The third-order valence-electron chi connectivity index (χ3n) is 3.16. The lowest BCUT2D eigenvalue weighted by atomic mass is 10.2. The van der Waals surface area contributed by atoms with E-state index in [1.54, 1.807) is 0 Å². The fourth-order valence-electron chi connectivity index (χ4n) is 2.15. The van der Waals surface area contributed by atoms with Crippen LogP contribution in [0.25, 0.3) is 11.0 Å². The minimum absolute atomic E-state index is 0.0494. The summed E-state index contributed by atoms with van der Waals surface area (Å²) in [7, 11) is 0. The molecule has 1 aromatic carbocycles. The number of hydrogen-bond acceptors (Lipinski definition) is 2. The number of imidazole rings is 1. The Bertz CT molecular complexity index is 580. The molecular formula is C15H20ClN3O. The van der Waals surface area contributed by atoms with Crippen molar-refractivity contribution in [3.05, 3.63) is 24.5 Å². The molecular weight excluding hydrogens is 274 g/mol. The molecule has 5 heteroatoms. The monoisotopic (exact) mass is 293 g/mol. The van der Waals surface area contributed by atoms with E-state index in [-0.39, 0.29) is 5.91 Å². The Morgan fingerprint density at radius 1 is 1.40 bits per heavy atom. The quantitative estimate of drug-likeness (QED) is 0.623. The molecule has 0 spiro atoms. The van der Waals surface area contributed by atoms with Crippen LogP contribution in [0.5, 0.6) is 0 Å². The number of halogens is 1. The highest BCUT2D eigenvalue weighted by molar-refractivity contribution is 6.17. The fourth-order valence-corrected chi connectivity index (χ4v) is 2.34. The molecule has 108 valence electrons. The van der Waals surface area contributed by atoms with Gasteiger partial charge in [-0.05, 0) is 37.5 Å². The summed E-state index contributed by atoms with van der Waals surface area (Å²) in [4.78, 5) is 16.0. The normalized spacial score (nSPS) is 10.9. The number of hydrogen-bond donors (Lipinski definition) is 1. The number of carbonyl (C=O) groups excluding carboxylic acids is 1. The molecule has 1 aromatic heterocycles. The number of rotatable bonds is 7. The number of nitrogens with one attached hydrogen (secondary N) is 1. The molecule has 1 heterocycles. The van der Waals surface area contributed by atoms with Gasteiger partial charge in [0.05, 0.1) is 17.4 Å². The smallest absolute Gasteiger partial charge is 0.224 e. The van der Waals surface area contributed by atoms with Crippen LogP contribution in [0.3, 0.4) is 0 Å². The van der Waals surface area contributed by atoms with E-state index in [0.717, 1.165) is 42.5 Å². The van der Waals surface area contributed by atoms with E-state index in [0.29, 0.717) is 12.3 Å². The van der Waals surface area contributed by atoms with Gasteiger partial charge in [0, 0.05) is 24.5 Å². The predicted molar refractivity (Wildman–Crippen MR) is 83.2 cm³/mol. The van der Waals surface area contributed by atoms with Gasteiger partial charge in [0.2, 0.25) is 5.91 Å². The van der Waals surface area contributed by atoms with Crippen molar-refractivity contribution in [2.45, 2.75) is 39.2 Å². The third-order valence-corrected chi connectivity index (χ3v) is 3.43. The maximum atomic E-state index is 11.6. The van der Waals surface area contributed by atoms with Gasteiger partial charge in [0.1, 0.15) is 0 Å². The zero-order valence-electron chi connectivity index (χ0n) is 11.7. The summed E-state index contributed by atoms with van der Waals surface area (Å²) >= 11 is 5.69. The predicted octanol–water partition coefficient (Wildman–Crippen LogP) is 3.79. The van der Waals surface area contributed by atoms with Gasteiger partial charge >= 0.3 is 0 Å². The number of fused-ring (bicyclic) bond motifs is 1. The summed E-state index contributed by atoms with van der Waals surface area (Å²) < 4.78 is 2.12. The standard InChI is InChI=1S/C15H20ClN3O/c1-2-5-15(20)18-12-6-7-14-13(10-12)17-11-19(14)9-4-3-8-16/h6-7,10-11H,2-5,8-9H2,1H3,(H,18,20). The first-order valence-electron chi connectivity index (χ1n) is 7.05. The fraction of sp³-hybridized carbons (Fsp3) is 0.467. The number of benzene rings is 1. The minimum Gasteiger partial charge on any atom is -0.331 e. The number of unbranched alkanes of at least 4 members (excludes halogenated alkanes) is 1.